The fourth-order valence-electron chi connectivity index (χ4n) is 1.67. The Morgan fingerprint density at radius 3 is 2.70 bits per heavy atom. The monoisotopic (exact) mass is 291 g/mol. The third-order valence-electron chi connectivity index (χ3n) is 2.75. The first-order chi connectivity index (χ1) is 9.56. The Balaban J connectivity index is 1.99. The topological polar surface area (TPSA) is 88.2 Å². The molecule has 0 aliphatic heterocycles. The van der Waals surface area contributed by atoms with Gasteiger partial charge in [0, 0.05) is 6.20 Å². The van der Waals surface area contributed by atoms with Gasteiger partial charge < -0.3 is 16.2 Å². The number of hydrogen-bond acceptors (Lipinski definition) is 4. The van der Waals surface area contributed by atoms with Crippen LogP contribution in [-0.2, 0) is 11.2 Å². The van der Waals surface area contributed by atoms with Crippen LogP contribution in [0.4, 0.5) is 5.69 Å². The first kappa shape index (κ1) is 14.3. The summed E-state index contributed by atoms with van der Waals surface area (Å²) < 4.78 is 0. The Morgan fingerprint density at radius 2 is 2.05 bits per heavy atom. The molecule has 0 radical (unpaired) electrons. The number of carbonyl (C=O) groups is 1. The van der Waals surface area contributed by atoms with E-state index in [1.54, 1.807) is 30.3 Å². The average Bonchev–Trinajstić information content (AvgIpc) is 2.44. The van der Waals surface area contributed by atoms with Gasteiger partial charge >= 0.3 is 0 Å². The molecule has 0 bridgehead atoms. The van der Waals surface area contributed by atoms with E-state index >= 15 is 0 Å². The molecule has 1 aromatic carbocycles. The largest absolute Gasteiger partial charge is 0.508 e. The van der Waals surface area contributed by atoms with Crippen molar-refractivity contribution in [1.29, 1.82) is 0 Å². The van der Waals surface area contributed by atoms with Crippen LogP contribution in [0.15, 0.2) is 42.7 Å². The zero-order valence-corrected chi connectivity index (χ0v) is 11.3. The van der Waals surface area contributed by atoms with Gasteiger partial charge in [0.25, 0.3) is 0 Å². The van der Waals surface area contributed by atoms with Crippen molar-refractivity contribution in [2.24, 2.45) is 5.73 Å². The molecule has 20 heavy (non-hydrogen) atoms. The lowest BCUT2D eigenvalue weighted by Gasteiger charge is -2.13. The van der Waals surface area contributed by atoms with Crippen LogP contribution in [0.25, 0.3) is 0 Å². The molecular formula is C14H14ClN3O2. The summed E-state index contributed by atoms with van der Waals surface area (Å²) in [5.41, 5.74) is 7.14. The highest BCUT2D eigenvalue weighted by molar-refractivity contribution is 6.33. The fraction of sp³-hybridized carbons (Fsp3) is 0.143. The highest BCUT2D eigenvalue weighted by Crippen LogP contribution is 2.19. The lowest BCUT2D eigenvalue weighted by Crippen LogP contribution is -2.37. The molecule has 2 rings (SSSR count). The molecule has 0 aliphatic rings. The van der Waals surface area contributed by atoms with Gasteiger partial charge in [-0.05, 0) is 30.2 Å². The van der Waals surface area contributed by atoms with E-state index in [1.165, 1.54) is 12.4 Å². The van der Waals surface area contributed by atoms with Gasteiger partial charge in [-0.25, -0.2) is 0 Å². The molecule has 0 aliphatic carbocycles. The van der Waals surface area contributed by atoms with Crippen molar-refractivity contribution in [3.05, 3.63) is 53.3 Å². The summed E-state index contributed by atoms with van der Waals surface area (Å²) in [5, 5.41) is 12.2. The van der Waals surface area contributed by atoms with Gasteiger partial charge in [0.05, 0.1) is 22.9 Å². The second-order valence-corrected chi connectivity index (χ2v) is 4.73. The number of pyridine rings is 1. The van der Waals surface area contributed by atoms with Gasteiger partial charge in [0.15, 0.2) is 0 Å². The molecular weight excluding hydrogens is 278 g/mol. The number of nitrogens with two attached hydrogens (primary N) is 1. The number of amides is 1. The highest BCUT2D eigenvalue weighted by Gasteiger charge is 2.15. The van der Waals surface area contributed by atoms with Crippen molar-refractivity contribution < 1.29 is 9.90 Å². The minimum Gasteiger partial charge on any atom is -0.508 e. The Hall–Kier alpha value is -2.11. The maximum Gasteiger partial charge on any atom is 0.241 e. The number of nitrogens with zero attached hydrogens (tertiary/aromatic N) is 1. The maximum atomic E-state index is 12.0. The number of hydrogen-bond donors (Lipinski definition) is 3. The van der Waals surface area contributed by atoms with Crippen LogP contribution in [0.1, 0.15) is 5.56 Å². The molecule has 6 heteroatoms. The van der Waals surface area contributed by atoms with Crippen molar-refractivity contribution in [2.75, 3.05) is 5.32 Å². The van der Waals surface area contributed by atoms with Crippen LogP contribution >= 0.6 is 11.6 Å². The number of phenolic OH excluding ortho intramolecular Hbond substituents is 1. The van der Waals surface area contributed by atoms with E-state index in [4.69, 9.17) is 17.3 Å². The van der Waals surface area contributed by atoms with E-state index < -0.39 is 6.04 Å². The Labute approximate surface area is 121 Å². The number of aromatic hydroxyl groups is 1. The molecule has 0 saturated carbocycles. The molecule has 1 amide bonds. The minimum atomic E-state index is -0.712. The number of phenols is 1. The molecule has 2 aromatic rings. The standard InChI is InChI=1S/C14H14ClN3O2/c15-11-5-6-17-8-13(11)18-14(20)12(16)7-9-1-3-10(19)4-2-9/h1-6,8,12,19H,7,16H2,(H,18,20)/t12-/m1/s1. The number of nitrogens with one attached hydrogen (secondary N) is 1. The average molecular weight is 292 g/mol. The van der Waals surface area contributed by atoms with E-state index in [-0.39, 0.29) is 11.7 Å². The molecule has 0 spiro atoms. The smallest absolute Gasteiger partial charge is 0.241 e. The molecule has 4 N–H and O–H groups in total. The summed E-state index contributed by atoms with van der Waals surface area (Å²) in [7, 11) is 0. The van der Waals surface area contributed by atoms with Crippen LogP contribution in [0.2, 0.25) is 5.02 Å². The van der Waals surface area contributed by atoms with Crippen LogP contribution < -0.4 is 11.1 Å². The SMILES string of the molecule is N[C@H](Cc1ccc(O)cc1)C(=O)Nc1cnccc1Cl. The third kappa shape index (κ3) is 3.69. The lowest BCUT2D eigenvalue weighted by molar-refractivity contribution is -0.117. The number of aromatic nitrogens is 1. The van der Waals surface area contributed by atoms with Gasteiger partial charge in [-0.2, -0.15) is 0 Å². The Bertz CT molecular complexity index is 602. The quantitative estimate of drug-likeness (QED) is 0.803. The minimum absolute atomic E-state index is 0.175. The van der Waals surface area contributed by atoms with Crippen molar-refractivity contribution in [3.8, 4) is 5.75 Å². The molecule has 1 aromatic heterocycles. The zero-order valence-electron chi connectivity index (χ0n) is 10.6. The second-order valence-electron chi connectivity index (χ2n) is 4.32. The summed E-state index contributed by atoms with van der Waals surface area (Å²) in [6.07, 6.45) is 3.37. The summed E-state index contributed by atoms with van der Waals surface area (Å²) >= 11 is 5.93. The van der Waals surface area contributed by atoms with E-state index in [2.05, 4.69) is 10.3 Å². The highest BCUT2D eigenvalue weighted by atomic mass is 35.5. The number of benzene rings is 1. The lowest BCUT2D eigenvalue weighted by atomic mass is 10.1. The molecule has 1 atom stereocenters. The normalized spacial score (nSPS) is 11.9. The summed E-state index contributed by atoms with van der Waals surface area (Å²) in [6.45, 7) is 0. The molecule has 1 heterocycles. The van der Waals surface area contributed by atoms with Gasteiger partial charge in [-0.15, -0.1) is 0 Å². The van der Waals surface area contributed by atoms with Gasteiger partial charge in [0.1, 0.15) is 5.75 Å². The fourth-order valence-corrected chi connectivity index (χ4v) is 1.83. The molecule has 0 unspecified atom stereocenters. The van der Waals surface area contributed by atoms with Crippen LogP contribution in [0.3, 0.4) is 0 Å². The predicted molar refractivity (Wildman–Crippen MR) is 77.7 cm³/mol. The van der Waals surface area contributed by atoms with E-state index in [0.29, 0.717) is 17.1 Å². The molecule has 0 saturated heterocycles. The van der Waals surface area contributed by atoms with Crippen LogP contribution in [-0.4, -0.2) is 22.0 Å². The van der Waals surface area contributed by atoms with E-state index in [1.807, 2.05) is 0 Å². The third-order valence-corrected chi connectivity index (χ3v) is 3.08. The molecule has 5 nitrogen and oxygen atoms in total. The zero-order chi connectivity index (χ0) is 14.5. The van der Waals surface area contributed by atoms with E-state index in [0.717, 1.165) is 5.56 Å². The predicted octanol–water partition coefficient (Wildman–Crippen LogP) is 1.95. The van der Waals surface area contributed by atoms with Crippen molar-refractivity contribution >= 4 is 23.2 Å². The van der Waals surface area contributed by atoms with Crippen LogP contribution in [0, 0.1) is 0 Å². The van der Waals surface area contributed by atoms with E-state index in [9.17, 15) is 9.90 Å². The number of anilines is 1. The van der Waals surface area contributed by atoms with Gasteiger partial charge in [-0.3, -0.25) is 9.78 Å². The maximum absolute atomic E-state index is 12.0. The summed E-state index contributed by atoms with van der Waals surface area (Å²) in [6, 6.07) is 7.42. The number of halogens is 1. The van der Waals surface area contributed by atoms with Gasteiger partial charge in [0.2, 0.25) is 5.91 Å². The van der Waals surface area contributed by atoms with Crippen LogP contribution in [0.5, 0.6) is 5.75 Å². The Morgan fingerprint density at radius 1 is 1.35 bits per heavy atom. The van der Waals surface area contributed by atoms with Gasteiger partial charge in [-0.1, -0.05) is 23.7 Å². The van der Waals surface area contributed by atoms with Crippen molar-refractivity contribution in [1.82, 2.24) is 4.98 Å². The number of rotatable bonds is 4. The first-order valence-electron chi connectivity index (χ1n) is 6.00. The Kier molecular flexibility index (Phi) is 4.55. The first-order valence-corrected chi connectivity index (χ1v) is 6.38. The van der Waals surface area contributed by atoms with Crippen molar-refractivity contribution in [2.45, 2.75) is 12.5 Å². The molecule has 0 fully saturated rings. The number of carbonyl (C=O) groups excluding carboxylic acids is 1. The second kappa shape index (κ2) is 6.36. The van der Waals surface area contributed by atoms with Crippen molar-refractivity contribution in [3.63, 3.8) is 0 Å². The molecule has 104 valence electrons. The summed E-state index contributed by atoms with van der Waals surface area (Å²) in [4.78, 5) is 15.8. The summed E-state index contributed by atoms with van der Waals surface area (Å²) in [5.74, 6) is -0.165.